The van der Waals surface area contributed by atoms with Crippen LogP contribution < -0.4 is 9.64 Å². The van der Waals surface area contributed by atoms with Gasteiger partial charge in [0.25, 0.3) is 0 Å². The molecule has 0 radical (unpaired) electrons. The van der Waals surface area contributed by atoms with Gasteiger partial charge in [-0.25, -0.2) is 4.90 Å². The Kier molecular flexibility index (Phi) is 4.48. The van der Waals surface area contributed by atoms with Crippen molar-refractivity contribution < 1.29 is 14.3 Å². The molecule has 4 nitrogen and oxygen atoms in total. The van der Waals surface area contributed by atoms with E-state index in [9.17, 15) is 9.59 Å². The van der Waals surface area contributed by atoms with Gasteiger partial charge in [0.15, 0.2) is 0 Å². The Labute approximate surface area is 194 Å². The Hall–Kier alpha value is -3.40. The summed E-state index contributed by atoms with van der Waals surface area (Å²) in [4.78, 5) is 29.2. The Morgan fingerprint density at radius 2 is 1.39 bits per heavy atom. The van der Waals surface area contributed by atoms with Crippen molar-refractivity contribution in [2.24, 2.45) is 11.8 Å². The van der Waals surface area contributed by atoms with E-state index in [1.54, 1.807) is 19.2 Å². The number of hydrogen-bond donors (Lipinski definition) is 0. The van der Waals surface area contributed by atoms with Crippen molar-refractivity contribution in [2.75, 3.05) is 12.0 Å². The smallest absolute Gasteiger partial charge is 0.238 e. The molecule has 3 aromatic rings. The van der Waals surface area contributed by atoms with Crippen molar-refractivity contribution in [3.05, 3.63) is 94.5 Å². The fourth-order valence-corrected chi connectivity index (χ4v) is 6.34. The highest BCUT2D eigenvalue weighted by molar-refractivity contribution is 6.24. The molecule has 4 heteroatoms. The predicted molar refractivity (Wildman–Crippen MR) is 128 cm³/mol. The molecule has 2 bridgehead atoms. The quantitative estimate of drug-likeness (QED) is 0.499. The lowest BCUT2D eigenvalue weighted by Gasteiger charge is -2.46. The number of nitrogens with zero attached hydrogens (tertiary/aromatic N) is 1. The van der Waals surface area contributed by atoms with Gasteiger partial charge < -0.3 is 4.74 Å². The SMILES string of the molecule is CC[C@H](C)c1ccc2c(c1)[C@@H]1c3ccccc3[C@@H]2[C@@H]2C(=O)N(c3ccccc3OC)C(=O)[C@H]12. The lowest BCUT2D eigenvalue weighted by molar-refractivity contribution is -0.122. The van der Waals surface area contributed by atoms with Gasteiger partial charge in [-0.15, -0.1) is 0 Å². The minimum absolute atomic E-state index is 0.103. The summed E-state index contributed by atoms with van der Waals surface area (Å²) in [6.07, 6.45) is 1.06. The van der Waals surface area contributed by atoms with Gasteiger partial charge in [-0.2, -0.15) is 0 Å². The fourth-order valence-electron chi connectivity index (χ4n) is 6.34. The Balaban J connectivity index is 1.55. The minimum Gasteiger partial charge on any atom is -0.495 e. The van der Waals surface area contributed by atoms with Gasteiger partial charge in [0.1, 0.15) is 5.75 Å². The summed E-state index contributed by atoms with van der Waals surface area (Å²) in [5.74, 6) is -0.215. The number of methoxy groups -OCH3 is 1. The number of ether oxygens (including phenoxy) is 1. The molecule has 0 saturated carbocycles. The summed E-state index contributed by atoms with van der Waals surface area (Å²) < 4.78 is 5.51. The van der Waals surface area contributed by atoms with Gasteiger partial charge in [0.05, 0.1) is 24.6 Å². The molecule has 33 heavy (non-hydrogen) atoms. The number of amides is 2. The average Bonchev–Trinajstić information content (AvgIpc) is 3.13. The van der Waals surface area contributed by atoms with E-state index >= 15 is 0 Å². The maximum atomic E-state index is 14.0. The average molecular weight is 438 g/mol. The van der Waals surface area contributed by atoms with E-state index in [0.29, 0.717) is 17.4 Å². The second kappa shape index (κ2) is 7.31. The fraction of sp³-hybridized carbons (Fsp3) is 0.310. The largest absolute Gasteiger partial charge is 0.495 e. The summed E-state index contributed by atoms with van der Waals surface area (Å²) in [5, 5.41) is 0. The maximum Gasteiger partial charge on any atom is 0.238 e. The molecule has 166 valence electrons. The lowest BCUT2D eigenvalue weighted by atomic mass is 9.54. The summed E-state index contributed by atoms with van der Waals surface area (Å²) in [6.45, 7) is 4.44. The molecule has 3 aromatic carbocycles. The standard InChI is InChI=1S/C29H27NO3/c1-4-16(2)17-13-14-20-21(15-17)25-19-10-6-5-9-18(19)24(20)26-27(25)29(32)30(28(26)31)22-11-7-8-12-23(22)33-3/h5-16,24-27H,4H2,1-3H3/t16-,24-,25-,26-,27+/m0/s1. The maximum absolute atomic E-state index is 14.0. The number of anilines is 1. The van der Waals surface area contributed by atoms with E-state index < -0.39 is 0 Å². The van der Waals surface area contributed by atoms with Gasteiger partial charge >= 0.3 is 0 Å². The zero-order valence-corrected chi connectivity index (χ0v) is 19.1. The first-order valence-electron chi connectivity index (χ1n) is 11.8. The van der Waals surface area contributed by atoms with Crippen LogP contribution >= 0.6 is 0 Å². The van der Waals surface area contributed by atoms with E-state index in [4.69, 9.17) is 4.74 Å². The first-order valence-corrected chi connectivity index (χ1v) is 11.8. The third-order valence-corrected chi connectivity index (χ3v) is 8.07. The highest BCUT2D eigenvalue weighted by Gasteiger charge is 2.62. The third-order valence-electron chi connectivity index (χ3n) is 8.07. The van der Waals surface area contributed by atoms with Crippen LogP contribution in [-0.4, -0.2) is 18.9 Å². The van der Waals surface area contributed by atoms with Gasteiger partial charge in [-0.1, -0.05) is 68.4 Å². The summed E-state index contributed by atoms with van der Waals surface area (Å²) in [5.41, 5.74) is 6.65. The number of rotatable bonds is 4. The van der Waals surface area contributed by atoms with Gasteiger partial charge in [-0.05, 0) is 52.3 Å². The monoisotopic (exact) mass is 437 g/mol. The molecule has 0 aromatic heterocycles. The molecular formula is C29H27NO3. The van der Waals surface area contributed by atoms with Gasteiger partial charge in [-0.3, -0.25) is 9.59 Å². The van der Waals surface area contributed by atoms with Crippen molar-refractivity contribution in [1.82, 2.24) is 0 Å². The first-order chi connectivity index (χ1) is 16.1. The second-order valence-corrected chi connectivity index (χ2v) is 9.52. The zero-order valence-electron chi connectivity index (χ0n) is 19.1. The van der Waals surface area contributed by atoms with Gasteiger partial charge in [0.2, 0.25) is 11.8 Å². The summed E-state index contributed by atoms with van der Waals surface area (Å²) >= 11 is 0. The molecule has 1 aliphatic heterocycles. The van der Waals surface area contributed by atoms with E-state index in [0.717, 1.165) is 6.42 Å². The topological polar surface area (TPSA) is 46.6 Å². The number of carbonyl (C=O) groups is 2. The molecule has 2 amide bonds. The van der Waals surface area contributed by atoms with E-state index in [2.05, 4.69) is 44.2 Å². The van der Waals surface area contributed by atoms with E-state index in [1.165, 1.54) is 32.7 Å². The van der Waals surface area contributed by atoms with Crippen LogP contribution in [0.4, 0.5) is 5.69 Å². The molecule has 0 spiro atoms. The van der Waals surface area contributed by atoms with E-state index in [-0.39, 0.29) is 35.5 Å². The summed E-state index contributed by atoms with van der Waals surface area (Å²) in [7, 11) is 1.57. The number of imide groups is 1. The van der Waals surface area contributed by atoms with Crippen molar-refractivity contribution in [3.63, 3.8) is 0 Å². The Bertz CT molecular complexity index is 1300. The van der Waals surface area contributed by atoms with Crippen LogP contribution in [0.3, 0.4) is 0 Å². The van der Waals surface area contributed by atoms with Crippen LogP contribution in [-0.2, 0) is 9.59 Å². The predicted octanol–water partition coefficient (Wildman–Crippen LogP) is 5.61. The zero-order chi connectivity index (χ0) is 22.9. The molecule has 4 aliphatic rings. The van der Waals surface area contributed by atoms with Crippen molar-refractivity contribution in [1.29, 1.82) is 0 Å². The second-order valence-electron chi connectivity index (χ2n) is 9.52. The highest BCUT2D eigenvalue weighted by Crippen LogP contribution is 2.61. The van der Waals surface area contributed by atoms with Crippen LogP contribution in [0.1, 0.15) is 65.8 Å². The molecule has 1 saturated heterocycles. The molecule has 1 heterocycles. The van der Waals surface area contributed by atoms with Crippen molar-refractivity contribution >= 4 is 17.5 Å². The van der Waals surface area contributed by atoms with Gasteiger partial charge in [0, 0.05) is 11.8 Å². The molecule has 5 atom stereocenters. The molecule has 0 N–H and O–H groups in total. The van der Waals surface area contributed by atoms with Crippen LogP contribution in [0.5, 0.6) is 5.75 Å². The molecule has 0 unspecified atom stereocenters. The minimum atomic E-state index is -0.387. The Morgan fingerprint density at radius 1 is 0.818 bits per heavy atom. The normalized spacial score (nSPS) is 25.5. The van der Waals surface area contributed by atoms with E-state index in [1.807, 2.05) is 24.3 Å². The number of para-hydroxylation sites is 2. The molecule has 1 fully saturated rings. The lowest BCUT2D eigenvalue weighted by Crippen LogP contribution is -2.41. The van der Waals surface area contributed by atoms with Crippen LogP contribution in [0.15, 0.2) is 66.7 Å². The highest BCUT2D eigenvalue weighted by atomic mass is 16.5. The summed E-state index contributed by atoms with van der Waals surface area (Å²) in [6, 6.07) is 22.4. The Morgan fingerprint density at radius 3 is 2.03 bits per heavy atom. The molecule has 3 aliphatic carbocycles. The molecular weight excluding hydrogens is 410 g/mol. The number of benzene rings is 3. The van der Waals surface area contributed by atoms with Crippen LogP contribution in [0, 0.1) is 11.8 Å². The third kappa shape index (κ3) is 2.64. The van der Waals surface area contributed by atoms with Crippen LogP contribution in [0.2, 0.25) is 0 Å². The van der Waals surface area contributed by atoms with Crippen molar-refractivity contribution in [2.45, 2.75) is 38.0 Å². The number of carbonyl (C=O) groups excluding carboxylic acids is 2. The van der Waals surface area contributed by atoms with Crippen molar-refractivity contribution in [3.8, 4) is 5.75 Å². The van der Waals surface area contributed by atoms with Crippen LogP contribution in [0.25, 0.3) is 0 Å². The number of hydrogen-bond acceptors (Lipinski definition) is 3. The first kappa shape index (κ1) is 20.2. The molecule has 7 rings (SSSR count).